The summed E-state index contributed by atoms with van der Waals surface area (Å²) < 4.78 is 6.32. The number of hydrogen-bond acceptors (Lipinski definition) is 1. The van der Waals surface area contributed by atoms with Gasteiger partial charge in [0, 0.05) is 11.8 Å². The summed E-state index contributed by atoms with van der Waals surface area (Å²) in [4.78, 5) is 0. The van der Waals surface area contributed by atoms with Gasteiger partial charge in [0.1, 0.15) is 5.60 Å². The van der Waals surface area contributed by atoms with Gasteiger partial charge < -0.3 is 4.74 Å². The number of hydrogen-bond donors (Lipinski definition) is 0. The fraction of sp³-hybridized carbons (Fsp3) is 0.444. The molecule has 0 N–H and O–H groups in total. The van der Waals surface area contributed by atoms with E-state index >= 15 is 0 Å². The number of rotatable bonds is 0. The van der Waals surface area contributed by atoms with E-state index in [0.29, 0.717) is 0 Å². The Morgan fingerprint density at radius 1 is 0.905 bits per heavy atom. The molecule has 1 spiro atoms. The summed E-state index contributed by atoms with van der Waals surface area (Å²) >= 11 is 13.3. The molecule has 4 unspecified atom stereocenters. The lowest BCUT2D eigenvalue weighted by molar-refractivity contribution is 0.262. The molecule has 0 saturated carbocycles. The quantitative estimate of drug-likeness (QED) is 0.389. The number of fused-ring (bicyclic) bond motifs is 5. The largest absolute Gasteiger partial charge is 0.361 e. The molecule has 3 heteroatoms. The Kier molecular flexibility index (Phi) is 2.18. The van der Waals surface area contributed by atoms with E-state index in [2.05, 4.69) is 38.1 Å². The highest BCUT2D eigenvalue weighted by Crippen LogP contribution is 2.77. The Hall–Kier alpha value is -0.760. The molecule has 3 aliphatic carbocycles. The molecule has 0 amide bonds. The van der Waals surface area contributed by atoms with Gasteiger partial charge in [0.25, 0.3) is 0 Å². The van der Waals surface area contributed by atoms with Gasteiger partial charge in [0.15, 0.2) is 0 Å². The summed E-state index contributed by atoms with van der Waals surface area (Å²) in [5, 5.41) is -0.120. The zero-order valence-electron chi connectivity index (χ0n) is 11.9. The van der Waals surface area contributed by atoms with Crippen molar-refractivity contribution in [2.24, 2.45) is 0 Å². The Balaban J connectivity index is 1.80. The third kappa shape index (κ3) is 1.23. The molecular weight excluding hydrogens is 303 g/mol. The molecule has 108 valence electrons. The highest BCUT2D eigenvalue weighted by atomic mass is 35.5. The van der Waals surface area contributed by atoms with Gasteiger partial charge >= 0.3 is 0 Å². The van der Waals surface area contributed by atoms with E-state index in [1.807, 2.05) is 12.2 Å². The van der Waals surface area contributed by atoms with Crippen molar-refractivity contribution < 1.29 is 4.74 Å². The van der Waals surface area contributed by atoms with Crippen LogP contribution in [0.3, 0.4) is 0 Å². The van der Waals surface area contributed by atoms with Gasteiger partial charge in [-0.3, -0.25) is 0 Å². The van der Waals surface area contributed by atoms with Crippen molar-refractivity contribution in [2.45, 2.75) is 47.6 Å². The molecule has 1 aromatic carbocycles. The first-order chi connectivity index (χ1) is 9.99. The van der Waals surface area contributed by atoms with E-state index in [1.165, 1.54) is 22.3 Å². The van der Waals surface area contributed by atoms with Crippen LogP contribution in [-0.2, 0) is 4.74 Å². The number of halogens is 2. The molecule has 1 aliphatic heterocycles. The predicted octanol–water partition coefficient (Wildman–Crippen LogP) is 4.51. The molecule has 1 heterocycles. The standard InChI is InChI=1S/C18H16Cl2O/c1-17(2)18(21-17)15-9-5-3-4-6-10(9)16(18)14-12(20)8-7-11(19)13(14)15/h3-8,11-12,15-16H,1-2H3. The normalized spacial score (nSPS) is 44.2. The minimum Gasteiger partial charge on any atom is -0.361 e. The highest BCUT2D eigenvalue weighted by molar-refractivity contribution is 6.27. The summed E-state index contributed by atoms with van der Waals surface area (Å²) in [5.74, 6) is 0.523. The predicted molar refractivity (Wildman–Crippen MR) is 85.3 cm³/mol. The SMILES string of the molecule is CC1(C)OC12C1C3=C(C(Cl)C=CC3Cl)C2c2ccccc21. The van der Waals surface area contributed by atoms with Crippen LogP contribution in [0.15, 0.2) is 47.6 Å². The van der Waals surface area contributed by atoms with Gasteiger partial charge in [-0.05, 0) is 36.1 Å². The van der Waals surface area contributed by atoms with Gasteiger partial charge in [-0.25, -0.2) is 0 Å². The Bertz CT molecular complexity index is 681. The fourth-order valence-electron chi connectivity index (χ4n) is 5.04. The van der Waals surface area contributed by atoms with Crippen molar-refractivity contribution in [1.82, 2.24) is 0 Å². The monoisotopic (exact) mass is 318 g/mol. The summed E-state index contributed by atoms with van der Waals surface area (Å²) in [5.41, 5.74) is 5.09. The molecule has 1 aromatic rings. The third-order valence-electron chi connectivity index (χ3n) is 5.80. The average Bonchev–Trinajstić information content (AvgIpc) is 2.78. The molecule has 0 aromatic heterocycles. The lowest BCUT2D eigenvalue weighted by atomic mass is 9.81. The first-order valence-electron chi connectivity index (χ1n) is 7.48. The number of allylic oxidation sites excluding steroid dienone is 2. The highest BCUT2D eigenvalue weighted by Gasteiger charge is 2.79. The van der Waals surface area contributed by atoms with Gasteiger partial charge in [-0.1, -0.05) is 36.4 Å². The Morgan fingerprint density at radius 2 is 1.33 bits per heavy atom. The number of epoxide rings is 1. The molecule has 1 saturated heterocycles. The van der Waals surface area contributed by atoms with Crippen LogP contribution in [0.4, 0.5) is 0 Å². The Morgan fingerprint density at radius 3 is 1.71 bits per heavy atom. The minimum atomic E-state index is -0.159. The zero-order valence-corrected chi connectivity index (χ0v) is 13.4. The number of alkyl halides is 2. The molecular formula is C18H16Cl2O. The van der Waals surface area contributed by atoms with Crippen LogP contribution in [0.1, 0.15) is 36.8 Å². The molecule has 5 rings (SSSR count). The smallest absolute Gasteiger partial charge is 0.119 e. The summed E-state index contributed by atoms with van der Waals surface area (Å²) in [6.45, 7) is 4.38. The van der Waals surface area contributed by atoms with E-state index in [1.54, 1.807) is 0 Å². The second kappa shape index (κ2) is 3.59. The van der Waals surface area contributed by atoms with Gasteiger partial charge in [-0.15, -0.1) is 23.2 Å². The van der Waals surface area contributed by atoms with Crippen LogP contribution >= 0.6 is 23.2 Å². The second-order valence-electron chi connectivity index (χ2n) is 7.00. The number of benzene rings is 1. The maximum absolute atomic E-state index is 6.63. The lowest BCUT2D eigenvalue weighted by Gasteiger charge is -2.28. The van der Waals surface area contributed by atoms with Crippen LogP contribution < -0.4 is 0 Å². The molecule has 1 fully saturated rings. The van der Waals surface area contributed by atoms with Crippen molar-refractivity contribution in [3.63, 3.8) is 0 Å². The van der Waals surface area contributed by atoms with Gasteiger partial charge in [0.2, 0.25) is 0 Å². The van der Waals surface area contributed by atoms with E-state index in [9.17, 15) is 0 Å². The number of ether oxygens (including phenoxy) is 1. The second-order valence-corrected chi connectivity index (χ2v) is 7.94. The van der Waals surface area contributed by atoms with E-state index in [-0.39, 0.29) is 33.8 Å². The van der Waals surface area contributed by atoms with Crippen molar-refractivity contribution in [1.29, 1.82) is 0 Å². The van der Waals surface area contributed by atoms with E-state index in [0.717, 1.165) is 0 Å². The molecule has 2 bridgehead atoms. The van der Waals surface area contributed by atoms with Crippen LogP contribution in [0.5, 0.6) is 0 Å². The van der Waals surface area contributed by atoms with Gasteiger partial charge in [-0.2, -0.15) is 0 Å². The maximum atomic E-state index is 6.63. The van der Waals surface area contributed by atoms with Crippen LogP contribution in [-0.4, -0.2) is 22.0 Å². The lowest BCUT2D eigenvalue weighted by Crippen LogP contribution is -2.27. The van der Waals surface area contributed by atoms with Crippen LogP contribution in [0.25, 0.3) is 0 Å². The summed E-state index contributed by atoms with van der Waals surface area (Å²) in [6, 6.07) is 8.69. The maximum Gasteiger partial charge on any atom is 0.119 e. The minimum absolute atomic E-state index is 0.0600. The topological polar surface area (TPSA) is 12.5 Å². The molecule has 4 atom stereocenters. The van der Waals surface area contributed by atoms with Gasteiger partial charge in [0.05, 0.1) is 16.4 Å². The summed E-state index contributed by atoms with van der Waals surface area (Å²) in [6.07, 6.45) is 4.06. The van der Waals surface area contributed by atoms with E-state index in [4.69, 9.17) is 27.9 Å². The summed E-state index contributed by atoms with van der Waals surface area (Å²) in [7, 11) is 0. The Labute approximate surface area is 134 Å². The molecule has 0 radical (unpaired) electrons. The fourth-order valence-corrected chi connectivity index (χ4v) is 5.72. The molecule has 1 nitrogen and oxygen atoms in total. The average molecular weight is 319 g/mol. The zero-order chi connectivity index (χ0) is 14.6. The van der Waals surface area contributed by atoms with Crippen molar-refractivity contribution >= 4 is 23.2 Å². The molecule has 21 heavy (non-hydrogen) atoms. The van der Waals surface area contributed by atoms with Crippen molar-refractivity contribution in [3.8, 4) is 0 Å². The first-order valence-corrected chi connectivity index (χ1v) is 8.35. The third-order valence-corrected chi connectivity index (χ3v) is 6.56. The van der Waals surface area contributed by atoms with Crippen molar-refractivity contribution in [2.75, 3.05) is 0 Å². The van der Waals surface area contributed by atoms with E-state index < -0.39 is 0 Å². The van der Waals surface area contributed by atoms with Crippen molar-refractivity contribution in [3.05, 3.63) is 58.7 Å². The molecule has 4 aliphatic rings. The van der Waals surface area contributed by atoms with Crippen LogP contribution in [0.2, 0.25) is 0 Å². The first kappa shape index (κ1) is 12.8. The van der Waals surface area contributed by atoms with Crippen LogP contribution in [0, 0.1) is 0 Å².